The minimum atomic E-state index is -0.731. The Hall–Kier alpha value is -0.730. The maximum absolute atomic E-state index is 11.7. The Kier molecular flexibility index (Phi) is 4.62. The molecule has 2 saturated carbocycles. The van der Waals surface area contributed by atoms with Gasteiger partial charge in [-0.05, 0) is 37.5 Å². The van der Waals surface area contributed by atoms with Crippen LogP contribution in [0.25, 0.3) is 0 Å². The molecule has 0 radical (unpaired) electrons. The Bertz CT molecular complexity index is 664. The summed E-state index contributed by atoms with van der Waals surface area (Å²) in [7, 11) is 0. The highest BCUT2D eigenvalue weighted by Gasteiger charge is 2.75. The molecule has 0 unspecified atom stereocenters. The van der Waals surface area contributed by atoms with E-state index in [2.05, 4.69) is 13.8 Å². The summed E-state index contributed by atoms with van der Waals surface area (Å²) in [4.78, 5) is 11.7. The van der Waals surface area contributed by atoms with Crippen LogP contribution in [0.15, 0.2) is 0 Å². The zero-order valence-electron chi connectivity index (χ0n) is 17.6. The van der Waals surface area contributed by atoms with Crippen molar-refractivity contribution in [3.05, 3.63) is 0 Å². The van der Waals surface area contributed by atoms with Crippen LogP contribution in [0.1, 0.15) is 59.3 Å². The van der Waals surface area contributed by atoms with Gasteiger partial charge in [0.25, 0.3) is 0 Å². The number of esters is 1. The summed E-state index contributed by atoms with van der Waals surface area (Å²) in [6.45, 7) is 6.75. The standard InChI is InChI=1S/C22H34O7/c1-12-7-16(24)22(11-26-13(2)23)15(5-4-6-21(22)10-27-21)20(12,3)17-8-14-9-18(25)29-19(14)28-17/h12,14-19,24-25H,4-11H2,1-3H3/t12-,14+,15-,16+,17+,18+,19-,20+,21+,22+/m1/s1. The summed E-state index contributed by atoms with van der Waals surface area (Å²) in [5.74, 6) is 0.262. The summed E-state index contributed by atoms with van der Waals surface area (Å²) in [6, 6.07) is 0. The molecule has 29 heavy (non-hydrogen) atoms. The number of fused-ring (bicyclic) bond motifs is 3. The van der Waals surface area contributed by atoms with Gasteiger partial charge in [-0.25, -0.2) is 0 Å². The van der Waals surface area contributed by atoms with Crippen molar-refractivity contribution in [2.45, 2.75) is 89.7 Å². The van der Waals surface area contributed by atoms with Crippen LogP contribution in [0, 0.1) is 28.6 Å². The second kappa shape index (κ2) is 6.63. The molecule has 7 heteroatoms. The van der Waals surface area contributed by atoms with Crippen molar-refractivity contribution in [2.24, 2.45) is 28.6 Å². The van der Waals surface area contributed by atoms with E-state index >= 15 is 0 Å². The maximum atomic E-state index is 11.7. The quantitative estimate of drug-likeness (QED) is 0.542. The highest BCUT2D eigenvalue weighted by atomic mass is 16.7. The number of aliphatic hydroxyl groups excluding tert-OH is 2. The number of epoxide rings is 1. The van der Waals surface area contributed by atoms with Gasteiger partial charge >= 0.3 is 5.97 Å². The van der Waals surface area contributed by atoms with Gasteiger partial charge in [-0.2, -0.15) is 0 Å². The Morgan fingerprint density at radius 3 is 2.62 bits per heavy atom. The summed E-state index contributed by atoms with van der Waals surface area (Å²) >= 11 is 0. The average molecular weight is 411 g/mol. The highest BCUT2D eigenvalue weighted by molar-refractivity contribution is 5.66. The summed E-state index contributed by atoms with van der Waals surface area (Å²) < 4.78 is 23.6. The van der Waals surface area contributed by atoms with Crippen LogP contribution >= 0.6 is 0 Å². The minimum Gasteiger partial charge on any atom is -0.465 e. The van der Waals surface area contributed by atoms with Gasteiger partial charge in [0.15, 0.2) is 12.6 Å². The van der Waals surface area contributed by atoms with E-state index in [9.17, 15) is 15.0 Å². The van der Waals surface area contributed by atoms with Gasteiger partial charge in [-0.1, -0.05) is 20.3 Å². The number of aliphatic hydroxyl groups is 2. The van der Waals surface area contributed by atoms with Crippen molar-refractivity contribution in [1.29, 1.82) is 0 Å². The molecule has 7 nitrogen and oxygen atoms in total. The van der Waals surface area contributed by atoms with Gasteiger partial charge in [-0.15, -0.1) is 0 Å². The van der Waals surface area contributed by atoms with Crippen molar-refractivity contribution in [1.82, 2.24) is 0 Å². The topological polar surface area (TPSA) is 97.8 Å². The molecular weight excluding hydrogens is 376 g/mol. The SMILES string of the molecule is CC(=O)OC[C@@]12[C@H](CCC[C@]13CO3)[C@@](C)([C@@H]1C[C@H]3C[C@@H](O)O[C@H]3O1)[C@H](C)C[C@@H]2O. The second-order valence-corrected chi connectivity index (χ2v) is 10.4. The number of carbonyl (C=O) groups excluding carboxylic acids is 1. The molecule has 0 bridgehead atoms. The number of rotatable bonds is 3. The van der Waals surface area contributed by atoms with Crippen LogP contribution < -0.4 is 0 Å². The van der Waals surface area contributed by atoms with Crippen LogP contribution in [0.3, 0.4) is 0 Å². The Balaban J connectivity index is 1.52. The number of ether oxygens (including phenoxy) is 4. The maximum Gasteiger partial charge on any atom is 0.302 e. The number of carbonyl (C=O) groups is 1. The van der Waals surface area contributed by atoms with E-state index in [-0.39, 0.29) is 48.1 Å². The van der Waals surface area contributed by atoms with E-state index in [4.69, 9.17) is 18.9 Å². The predicted octanol–water partition coefficient (Wildman–Crippen LogP) is 1.98. The molecule has 2 N–H and O–H groups in total. The lowest BCUT2D eigenvalue weighted by atomic mass is 9.42. The van der Waals surface area contributed by atoms with E-state index in [1.54, 1.807) is 0 Å². The molecule has 5 fully saturated rings. The molecule has 0 amide bonds. The average Bonchev–Trinajstić information content (AvgIpc) is 3.18. The Morgan fingerprint density at radius 2 is 1.97 bits per heavy atom. The molecule has 0 aromatic heterocycles. The Morgan fingerprint density at radius 1 is 1.21 bits per heavy atom. The fourth-order valence-electron chi connectivity index (χ4n) is 7.47. The van der Waals surface area contributed by atoms with Gasteiger partial charge in [0.05, 0.1) is 24.2 Å². The van der Waals surface area contributed by atoms with E-state index in [1.807, 2.05) is 0 Å². The molecule has 164 valence electrons. The third kappa shape index (κ3) is 2.70. The lowest BCUT2D eigenvalue weighted by molar-refractivity contribution is -0.260. The third-order valence-electron chi connectivity index (χ3n) is 9.22. The first-order valence-corrected chi connectivity index (χ1v) is 11.2. The van der Waals surface area contributed by atoms with Crippen molar-refractivity contribution < 1.29 is 34.0 Å². The van der Waals surface area contributed by atoms with Crippen molar-refractivity contribution >= 4 is 5.97 Å². The predicted molar refractivity (Wildman–Crippen MR) is 101 cm³/mol. The van der Waals surface area contributed by atoms with Gasteiger partial charge < -0.3 is 29.2 Å². The van der Waals surface area contributed by atoms with Crippen molar-refractivity contribution in [3.8, 4) is 0 Å². The zero-order chi connectivity index (χ0) is 20.6. The minimum absolute atomic E-state index is 0.0110. The molecule has 10 atom stereocenters. The number of hydrogen-bond acceptors (Lipinski definition) is 7. The van der Waals surface area contributed by atoms with Crippen LogP contribution in [0.4, 0.5) is 0 Å². The lowest BCUT2D eigenvalue weighted by Crippen LogP contribution is -2.68. The van der Waals surface area contributed by atoms with Crippen LogP contribution in [-0.2, 0) is 23.7 Å². The molecular formula is C22H34O7. The number of hydrogen-bond donors (Lipinski definition) is 2. The monoisotopic (exact) mass is 410 g/mol. The summed E-state index contributed by atoms with van der Waals surface area (Å²) in [5.41, 5.74) is -1.19. The molecule has 1 spiro atoms. The van der Waals surface area contributed by atoms with Gasteiger partial charge in [-0.3, -0.25) is 4.79 Å². The molecule has 5 rings (SSSR count). The summed E-state index contributed by atoms with van der Waals surface area (Å²) in [6.07, 6.45) is 3.35. The van der Waals surface area contributed by atoms with E-state index in [0.717, 1.165) is 25.7 Å². The smallest absolute Gasteiger partial charge is 0.302 e. The largest absolute Gasteiger partial charge is 0.465 e. The zero-order valence-corrected chi connectivity index (χ0v) is 17.6. The second-order valence-electron chi connectivity index (χ2n) is 10.4. The third-order valence-corrected chi connectivity index (χ3v) is 9.22. The molecule has 3 aliphatic heterocycles. The molecule has 0 aromatic rings. The molecule has 3 saturated heterocycles. The molecule has 3 heterocycles. The fourth-order valence-corrected chi connectivity index (χ4v) is 7.47. The van der Waals surface area contributed by atoms with Crippen LogP contribution in [0.5, 0.6) is 0 Å². The molecule has 2 aliphatic carbocycles. The summed E-state index contributed by atoms with van der Waals surface area (Å²) in [5, 5.41) is 21.2. The fraction of sp³-hybridized carbons (Fsp3) is 0.955. The van der Waals surface area contributed by atoms with Crippen LogP contribution in [0.2, 0.25) is 0 Å². The molecule has 5 aliphatic rings. The van der Waals surface area contributed by atoms with E-state index in [1.165, 1.54) is 6.92 Å². The highest BCUT2D eigenvalue weighted by Crippen LogP contribution is 2.69. The van der Waals surface area contributed by atoms with Crippen molar-refractivity contribution in [2.75, 3.05) is 13.2 Å². The first kappa shape index (κ1) is 20.2. The van der Waals surface area contributed by atoms with Crippen molar-refractivity contribution in [3.63, 3.8) is 0 Å². The lowest BCUT2D eigenvalue weighted by Gasteiger charge is -2.63. The van der Waals surface area contributed by atoms with E-state index in [0.29, 0.717) is 19.4 Å². The normalized spacial score (nSPS) is 56.1. The van der Waals surface area contributed by atoms with Gasteiger partial charge in [0.2, 0.25) is 0 Å². The van der Waals surface area contributed by atoms with Gasteiger partial charge in [0, 0.05) is 24.7 Å². The van der Waals surface area contributed by atoms with Gasteiger partial charge in [0.1, 0.15) is 12.2 Å². The first-order chi connectivity index (χ1) is 13.7. The first-order valence-electron chi connectivity index (χ1n) is 11.2. The van der Waals surface area contributed by atoms with Crippen LogP contribution in [-0.4, -0.2) is 59.8 Å². The molecule has 0 aromatic carbocycles. The van der Waals surface area contributed by atoms with E-state index < -0.39 is 23.4 Å². The Labute approximate surface area is 172 Å².